The zero-order valence-corrected chi connectivity index (χ0v) is 16.9. The lowest BCUT2D eigenvalue weighted by Crippen LogP contribution is -2.18. The second-order valence-electron chi connectivity index (χ2n) is 6.02. The maximum atomic E-state index is 13.0. The van der Waals surface area contributed by atoms with Crippen LogP contribution in [0.15, 0.2) is 40.3 Å². The Kier molecular flexibility index (Phi) is 6.01. The largest absolute Gasteiger partial charge is 0.493 e. The number of methoxy groups -OCH3 is 5. The summed E-state index contributed by atoms with van der Waals surface area (Å²) in [4.78, 5) is 21.7. The van der Waals surface area contributed by atoms with Gasteiger partial charge in [-0.15, -0.1) is 0 Å². The van der Waals surface area contributed by atoms with Crippen molar-refractivity contribution in [2.75, 3.05) is 35.5 Å². The van der Waals surface area contributed by atoms with Crippen molar-refractivity contribution < 1.29 is 28.5 Å². The molecule has 8 heteroatoms. The van der Waals surface area contributed by atoms with E-state index in [1.165, 1.54) is 27.5 Å². The molecule has 1 atom stereocenters. The van der Waals surface area contributed by atoms with Crippen molar-refractivity contribution in [2.24, 2.45) is 9.98 Å². The Morgan fingerprint density at radius 2 is 1.41 bits per heavy atom. The minimum Gasteiger partial charge on any atom is -0.493 e. The first kappa shape index (κ1) is 20.2. The summed E-state index contributed by atoms with van der Waals surface area (Å²) in [6.45, 7) is 0. The third kappa shape index (κ3) is 3.87. The summed E-state index contributed by atoms with van der Waals surface area (Å²) in [5, 5.41) is 0. The van der Waals surface area contributed by atoms with Crippen LogP contribution < -0.4 is 23.7 Å². The zero-order chi connectivity index (χ0) is 21.0. The first-order chi connectivity index (χ1) is 14.1. The standard InChI is InChI=1S/C21H22N2O6/c1-25-15-7-6-12(8-16(15)26-2)21-22-11-14(23-21)19(24)13-9-17(27-3)20(29-5)18(10-13)28-4/h6-11,14H,1-5H3. The average Bonchev–Trinajstić information content (AvgIpc) is 3.27. The number of rotatable bonds is 8. The van der Waals surface area contributed by atoms with E-state index in [-0.39, 0.29) is 5.78 Å². The Hall–Kier alpha value is -3.55. The molecule has 0 aliphatic carbocycles. The summed E-state index contributed by atoms with van der Waals surface area (Å²) in [5.41, 5.74) is 1.10. The van der Waals surface area contributed by atoms with Gasteiger partial charge in [0.2, 0.25) is 5.75 Å². The van der Waals surface area contributed by atoms with Gasteiger partial charge in [-0.2, -0.15) is 0 Å². The molecule has 152 valence electrons. The second-order valence-corrected chi connectivity index (χ2v) is 6.02. The monoisotopic (exact) mass is 398 g/mol. The molecule has 0 radical (unpaired) electrons. The van der Waals surface area contributed by atoms with E-state index >= 15 is 0 Å². The van der Waals surface area contributed by atoms with Crippen molar-refractivity contribution >= 4 is 17.8 Å². The van der Waals surface area contributed by atoms with Crippen molar-refractivity contribution in [3.8, 4) is 28.7 Å². The second kappa shape index (κ2) is 8.64. The zero-order valence-electron chi connectivity index (χ0n) is 16.9. The van der Waals surface area contributed by atoms with Gasteiger partial charge in [-0.3, -0.25) is 4.79 Å². The minimum atomic E-state index is -0.749. The molecule has 3 rings (SSSR count). The van der Waals surface area contributed by atoms with Crippen molar-refractivity contribution in [3.05, 3.63) is 41.5 Å². The highest BCUT2D eigenvalue weighted by Crippen LogP contribution is 2.38. The molecule has 8 nitrogen and oxygen atoms in total. The summed E-state index contributed by atoms with van der Waals surface area (Å²) < 4.78 is 26.5. The van der Waals surface area contributed by atoms with Crippen LogP contribution >= 0.6 is 0 Å². The van der Waals surface area contributed by atoms with Gasteiger partial charge in [-0.1, -0.05) is 0 Å². The first-order valence-corrected chi connectivity index (χ1v) is 8.74. The van der Waals surface area contributed by atoms with Gasteiger partial charge in [0.1, 0.15) is 0 Å². The highest BCUT2D eigenvalue weighted by Gasteiger charge is 2.26. The van der Waals surface area contributed by atoms with Gasteiger partial charge in [0, 0.05) is 17.3 Å². The van der Waals surface area contributed by atoms with Gasteiger partial charge in [-0.25, -0.2) is 9.98 Å². The summed E-state index contributed by atoms with van der Waals surface area (Å²) in [7, 11) is 7.62. The number of Topliss-reactive ketones (excluding diaryl/α,β-unsaturated/α-hetero) is 1. The molecule has 0 amide bonds. The molecular weight excluding hydrogens is 376 g/mol. The maximum Gasteiger partial charge on any atom is 0.203 e. The van der Waals surface area contributed by atoms with Crippen LogP contribution in [0.5, 0.6) is 28.7 Å². The predicted molar refractivity (Wildman–Crippen MR) is 109 cm³/mol. The Morgan fingerprint density at radius 1 is 0.793 bits per heavy atom. The lowest BCUT2D eigenvalue weighted by Gasteiger charge is -2.14. The smallest absolute Gasteiger partial charge is 0.203 e. The number of carbonyl (C=O) groups is 1. The molecule has 1 heterocycles. The number of ketones is 1. The van der Waals surface area contributed by atoms with Crippen LogP contribution in [0.25, 0.3) is 0 Å². The molecule has 1 aliphatic heterocycles. The average molecular weight is 398 g/mol. The van der Waals surface area contributed by atoms with E-state index < -0.39 is 6.04 Å². The molecule has 0 fully saturated rings. The highest BCUT2D eigenvalue weighted by molar-refractivity contribution is 6.18. The Balaban J connectivity index is 1.91. The van der Waals surface area contributed by atoms with E-state index in [1.54, 1.807) is 38.5 Å². The van der Waals surface area contributed by atoms with Crippen LogP contribution in [0.1, 0.15) is 15.9 Å². The number of aliphatic imine (C=N–C) groups is 2. The van der Waals surface area contributed by atoms with Gasteiger partial charge in [0.25, 0.3) is 0 Å². The molecule has 0 aromatic heterocycles. The van der Waals surface area contributed by atoms with E-state index in [2.05, 4.69) is 9.98 Å². The van der Waals surface area contributed by atoms with Gasteiger partial charge >= 0.3 is 0 Å². The molecule has 0 saturated carbocycles. The minimum absolute atomic E-state index is 0.233. The number of nitrogens with zero attached hydrogens (tertiary/aromatic N) is 2. The fourth-order valence-corrected chi connectivity index (χ4v) is 2.98. The van der Waals surface area contributed by atoms with Crippen LogP contribution in [0.3, 0.4) is 0 Å². The van der Waals surface area contributed by atoms with Crippen molar-refractivity contribution in [1.29, 1.82) is 0 Å². The molecule has 0 bridgehead atoms. The van der Waals surface area contributed by atoms with Crippen molar-refractivity contribution in [3.63, 3.8) is 0 Å². The number of ether oxygens (including phenoxy) is 5. The normalized spacial score (nSPS) is 14.9. The van der Waals surface area contributed by atoms with E-state index in [0.717, 1.165) is 5.56 Å². The van der Waals surface area contributed by atoms with Gasteiger partial charge in [0.15, 0.2) is 40.7 Å². The van der Waals surface area contributed by atoms with Crippen LogP contribution in [0, 0.1) is 0 Å². The summed E-state index contributed by atoms with van der Waals surface area (Å²) in [5.74, 6) is 2.58. The summed E-state index contributed by atoms with van der Waals surface area (Å²) >= 11 is 0. The lowest BCUT2D eigenvalue weighted by molar-refractivity contribution is 0.0986. The van der Waals surface area contributed by atoms with E-state index in [0.29, 0.717) is 40.1 Å². The first-order valence-electron chi connectivity index (χ1n) is 8.74. The third-order valence-electron chi connectivity index (χ3n) is 4.46. The molecule has 2 aromatic rings. The molecule has 2 aromatic carbocycles. The Labute approximate surface area is 168 Å². The number of hydrogen-bond donors (Lipinski definition) is 0. The molecule has 0 saturated heterocycles. The van der Waals surface area contributed by atoms with Gasteiger partial charge in [-0.05, 0) is 30.3 Å². The molecule has 0 spiro atoms. The lowest BCUT2D eigenvalue weighted by atomic mass is 10.0. The highest BCUT2D eigenvalue weighted by atomic mass is 16.5. The number of hydrogen-bond acceptors (Lipinski definition) is 8. The van der Waals surface area contributed by atoms with E-state index in [4.69, 9.17) is 23.7 Å². The number of carbonyl (C=O) groups excluding carboxylic acids is 1. The van der Waals surface area contributed by atoms with Crippen LogP contribution in [0.2, 0.25) is 0 Å². The third-order valence-corrected chi connectivity index (χ3v) is 4.46. The SMILES string of the molecule is COc1ccc(C2=NC(C(=O)c3cc(OC)c(OC)c(OC)c3)C=N2)cc1OC. The maximum absolute atomic E-state index is 13.0. The molecule has 0 N–H and O–H groups in total. The molecular formula is C21H22N2O6. The van der Waals surface area contributed by atoms with Gasteiger partial charge in [0.05, 0.1) is 35.5 Å². The number of benzene rings is 2. The van der Waals surface area contributed by atoms with Crippen LogP contribution in [-0.2, 0) is 0 Å². The van der Waals surface area contributed by atoms with Crippen molar-refractivity contribution in [1.82, 2.24) is 0 Å². The number of amidine groups is 1. The van der Waals surface area contributed by atoms with E-state index in [9.17, 15) is 4.79 Å². The fourth-order valence-electron chi connectivity index (χ4n) is 2.98. The van der Waals surface area contributed by atoms with Gasteiger partial charge < -0.3 is 23.7 Å². The van der Waals surface area contributed by atoms with E-state index in [1.807, 2.05) is 6.07 Å². The Morgan fingerprint density at radius 3 is 1.97 bits per heavy atom. The summed E-state index contributed by atoms with van der Waals surface area (Å²) in [6, 6.07) is 7.79. The quantitative estimate of drug-likeness (QED) is 0.636. The summed E-state index contributed by atoms with van der Waals surface area (Å²) in [6.07, 6.45) is 1.51. The van der Waals surface area contributed by atoms with Crippen LogP contribution in [-0.4, -0.2) is 59.4 Å². The molecule has 1 aliphatic rings. The van der Waals surface area contributed by atoms with Crippen molar-refractivity contribution in [2.45, 2.75) is 6.04 Å². The topological polar surface area (TPSA) is 87.9 Å². The predicted octanol–water partition coefficient (Wildman–Crippen LogP) is 2.81. The Bertz CT molecular complexity index is 958. The van der Waals surface area contributed by atoms with Crippen LogP contribution in [0.4, 0.5) is 0 Å². The fraction of sp³-hybridized carbons (Fsp3) is 0.286. The molecule has 1 unspecified atom stereocenters. The molecule has 29 heavy (non-hydrogen) atoms.